The van der Waals surface area contributed by atoms with E-state index in [-0.39, 0.29) is 11.7 Å². The van der Waals surface area contributed by atoms with Gasteiger partial charge in [0, 0.05) is 29.7 Å². The lowest BCUT2D eigenvalue weighted by atomic mass is 10.2. The van der Waals surface area contributed by atoms with Crippen molar-refractivity contribution in [2.45, 2.75) is 39.3 Å². The maximum absolute atomic E-state index is 13.9. The predicted molar refractivity (Wildman–Crippen MR) is 82.7 cm³/mol. The number of halogens is 2. The van der Waals surface area contributed by atoms with Gasteiger partial charge in [0.15, 0.2) is 0 Å². The van der Waals surface area contributed by atoms with Crippen LogP contribution in [0.2, 0.25) is 5.02 Å². The first-order valence-electron chi connectivity index (χ1n) is 7.41. The van der Waals surface area contributed by atoms with Crippen molar-refractivity contribution in [1.29, 1.82) is 0 Å². The molecule has 0 unspecified atom stereocenters. The monoisotopic (exact) mass is 312 g/mol. The summed E-state index contributed by atoms with van der Waals surface area (Å²) in [5, 5.41) is 3.32. The van der Waals surface area contributed by atoms with Gasteiger partial charge in [-0.05, 0) is 30.9 Å². The van der Waals surface area contributed by atoms with Gasteiger partial charge in [0.05, 0.1) is 6.54 Å². The van der Waals surface area contributed by atoms with E-state index in [0.29, 0.717) is 42.2 Å². The molecule has 0 aromatic heterocycles. The highest BCUT2D eigenvalue weighted by molar-refractivity contribution is 6.31. The Morgan fingerprint density at radius 3 is 2.76 bits per heavy atom. The fourth-order valence-corrected chi connectivity index (χ4v) is 2.42. The number of nitrogens with zero attached hydrogens (tertiary/aromatic N) is 1. The van der Waals surface area contributed by atoms with Gasteiger partial charge in [0.25, 0.3) is 0 Å². The van der Waals surface area contributed by atoms with E-state index in [4.69, 9.17) is 11.6 Å². The van der Waals surface area contributed by atoms with Crippen LogP contribution >= 0.6 is 11.6 Å². The van der Waals surface area contributed by atoms with Crippen LogP contribution in [0, 0.1) is 11.7 Å². The van der Waals surface area contributed by atoms with E-state index >= 15 is 0 Å². The lowest BCUT2D eigenvalue weighted by Gasteiger charge is -2.22. The minimum Gasteiger partial charge on any atom is -0.355 e. The Kier molecular flexibility index (Phi) is 5.59. The molecule has 0 spiro atoms. The molecule has 3 nitrogen and oxygen atoms in total. The van der Waals surface area contributed by atoms with E-state index in [1.165, 1.54) is 6.07 Å². The largest absolute Gasteiger partial charge is 0.355 e. The molecule has 1 saturated carbocycles. The number of hydrogen-bond acceptors (Lipinski definition) is 2. The molecule has 1 aliphatic rings. The summed E-state index contributed by atoms with van der Waals surface area (Å²) in [4.78, 5) is 14.0. The fraction of sp³-hybridized carbons (Fsp3) is 0.562. The SMILES string of the molecule is CC(C)CNC(=O)CN(Cc1c(F)cccc1Cl)C1CC1. The summed E-state index contributed by atoms with van der Waals surface area (Å²) in [7, 11) is 0. The van der Waals surface area contributed by atoms with Gasteiger partial charge in [-0.15, -0.1) is 0 Å². The number of hydrogen-bond donors (Lipinski definition) is 1. The van der Waals surface area contributed by atoms with Crippen LogP contribution in [-0.2, 0) is 11.3 Å². The van der Waals surface area contributed by atoms with Crippen molar-refractivity contribution in [3.63, 3.8) is 0 Å². The van der Waals surface area contributed by atoms with Gasteiger partial charge < -0.3 is 5.32 Å². The van der Waals surface area contributed by atoms with Crippen LogP contribution in [0.3, 0.4) is 0 Å². The molecule has 1 amide bonds. The number of carbonyl (C=O) groups excluding carboxylic acids is 1. The van der Waals surface area contributed by atoms with Gasteiger partial charge in [-0.3, -0.25) is 9.69 Å². The van der Waals surface area contributed by atoms with Gasteiger partial charge in [-0.1, -0.05) is 31.5 Å². The van der Waals surface area contributed by atoms with Gasteiger partial charge in [0.1, 0.15) is 5.82 Å². The molecule has 0 aliphatic heterocycles. The van der Waals surface area contributed by atoms with Crippen LogP contribution in [0.25, 0.3) is 0 Å². The smallest absolute Gasteiger partial charge is 0.234 e. The highest BCUT2D eigenvalue weighted by Gasteiger charge is 2.31. The highest BCUT2D eigenvalue weighted by Crippen LogP contribution is 2.30. The van der Waals surface area contributed by atoms with Crippen molar-refractivity contribution >= 4 is 17.5 Å². The summed E-state index contributed by atoms with van der Waals surface area (Å²) in [6.45, 7) is 5.45. The van der Waals surface area contributed by atoms with Crippen LogP contribution in [0.4, 0.5) is 4.39 Å². The molecule has 0 radical (unpaired) electrons. The van der Waals surface area contributed by atoms with Gasteiger partial charge in [0.2, 0.25) is 5.91 Å². The number of rotatable bonds is 7. The zero-order valence-corrected chi connectivity index (χ0v) is 13.3. The summed E-state index contributed by atoms with van der Waals surface area (Å²) in [5.74, 6) is 0.100. The van der Waals surface area contributed by atoms with E-state index in [2.05, 4.69) is 19.2 Å². The van der Waals surface area contributed by atoms with E-state index in [0.717, 1.165) is 12.8 Å². The molecular formula is C16H22ClFN2O. The molecule has 1 fully saturated rings. The predicted octanol–water partition coefficient (Wildman–Crippen LogP) is 3.22. The number of amides is 1. The second-order valence-electron chi connectivity index (χ2n) is 6.03. The third-order valence-corrected chi connectivity index (χ3v) is 3.89. The van der Waals surface area contributed by atoms with Crippen molar-refractivity contribution in [1.82, 2.24) is 10.2 Å². The molecule has 0 atom stereocenters. The molecule has 1 aliphatic carbocycles. The molecule has 0 bridgehead atoms. The average Bonchev–Trinajstić information content (AvgIpc) is 3.24. The summed E-state index contributed by atoms with van der Waals surface area (Å²) in [6, 6.07) is 5.05. The quantitative estimate of drug-likeness (QED) is 0.838. The molecular weight excluding hydrogens is 291 g/mol. The van der Waals surface area contributed by atoms with Gasteiger partial charge >= 0.3 is 0 Å². The van der Waals surface area contributed by atoms with E-state index in [1.807, 2.05) is 4.90 Å². The van der Waals surface area contributed by atoms with E-state index in [9.17, 15) is 9.18 Å². The Morgan fingerprint density at radius 1 is 1.48 bits per heavy atom. The van der Waals surface area contributed by atoms with Crippen molar-refractivity contribution in [3.05, 3.63) is 34.6 Å². The van der Waals surface area contributed by atoms with Crippen LogP contribution < -0.4 is 5.32 Å². The molecule has 5 heteroatoms. The molecule has 1 aromatic rings. The number of benzene rings is 1. The van der Waals surface area contributed by atoms with E-state index in [1.54, 1.807) is 12.1 Å². The van der Waals surface area contributed by atoms with Crippen LogP contribution in [0.5, 0.6) is 0 Å². The number of carbonyl (C=O) groups is 1. The summed E-state index contributed by atoms with van der Waals surface area (Å²) < 4.78 is 13.9. The normalized spacial score (nSPS) is 14.8. The lowest BCUT2D eigenvalue weighted by molar-refractivity contribution is -0.122. The van der Waals surface area contributed by atoms with Gasteiger partial charge in [-0.2, -0.15) is 0 Å². The first kappa shape index (κ1) is 16.2. The molecule has 116 valence electrons. The first-order valence-corrected chi connectivity index (χ1v) is 7.78. The molecule has 0 heterocycles. The van der Waals surface area contributed by atoms with Crippen molar-refractivity contribution < 1.29 is 9.18 Å². The van der Waals surface area contributed by atoms with E-state index < -0.39 is 0 Å². The van der Waals surface area contributed by atoms with Crippen LogP contribution in [0.15, 0.2) is 18.2 Å². The zero-order chi connectivity index (χ0) is 15.4. The maximum Gasteiger partial charge on any atom is 0.234 e. The fourth-order valence-electron chi connectivity index (χ4n) is 2.20. The highest BCUT2D eigenvalue weighted by atomic mass is 35.5. The molecule has 21 heavy (non-hydrogen) atoms. The third kappa shape index (κ3) is 4.97. The Hall–Kier alpha value is -1.13. The molecule has 0 saturated heterocycles. The topological polar surface area (TPSA) is 32.3 Å². The van der Waals surface area contributed by atoms with Crippen molar-refractivity contribution in [2.75, 3.05) is 13.1 Å². The summed E-state index contributed by atoms with van der Waals surface area (Å²) >= 11 is 6.07. The minimum absolute atomic E-state index is 0.0111. The minimum atomic E-state index is -0.310. The zero-order valence-electron chi connectivity index (χ0n) is 12.5. The lowest BCUT2D eigenvalue weighted by Crippen LogP contribution is -2.39. The standard InChI is InChI=1S/C16H22ClFN2O/c1-11(2)8-19-16(21)10-20(12-6-7-12)9-13-14(17)4-3-5-15(13)18/h3-5,11-12H,6-10H2,1-2H3,(H,19,21). The average molecular weight is 313 g/mol. The van der Waals surface area contributed by atoms with Crippen molar-refractivity contribution in [2.24, 2.45) is 5.92 Å². The molecule has 1 aromatic carbocycles. The molecule has 2 rings (SSSR count). The Balaban J connectivity index is 1.98. The first-order chi connectivity index (χ1) is 9.97. The third-order valence-electron chi connectivity index (χ3n) is 3.54. The summed E-state index contributed by atoms with van der Waals surface area (Å²) in [6.07, 6.45) is 2.12. The summed E-state index contributed by atoms with van der Waals surface area (Å²) in [5.41, 5.74) is 0.475. The van der Waals surface area contributed by atoms with Crippen molar-refractivity contribution in [3.8, 4) is 0 Å². The Morgan fingerprint density at radius 2 is 2.19 bits per heavy atom. The Labute approximate surface area is 130 Å². The maximum atomic E-state index is 13.9. The van der Waals surface area contributed by atoms with Gasteiger partial charge in [-0.25, -0.2) is 4.39 Å². The number of nitrogens with one attached hydrogen (secondary N) is 1. The van der Waals surface area contributed by atoms with Crippen LogP contribution in [0.1, 0.15) is 32.3 Å². The second-order valence-corrected chi connectivity index (χ2v) is 6.44. The van der Waals surface area contributed by atoms with Crippen LogP contribution in [-0.4, -0.2) is 29.9 Å². The molecule has 1 N–H and O–H groups in total. The second kappa shape index (κ2) is 7.23. The Bertz CT molecular complexity index is 483.